The number of hydrogen-bond donors (Lipinski definition) is 2. The zero-order valence-corrected chi connectivity index (χ0v) is 17.7. The number of hydrogen-bond acceptors (Lipinski definition) is 5. The molecule has 4 rings (SSSR count). The van der Waals surface area contributed by atoms with Gasteiger partial charge in [-0.2, -0.15) is 0 Å². The van der Waals surface area contributed by atoms with Crippen molar-refractivity contribution in [2.45, 2.75) is 17.9 Å². The van der Waals surface area contributed by atoms with E-state index in [0.29, 0.717) is 30.3 Å². The monoisotopic (exact) mass is 438 g/mol. The van der Waals surface area contributed by atoms with Crippen LogP contribution in [-0.2, 0) is 10.0 Å². The lowest BCUT2D eigenvalue weighted by Crippen LogP contribution is -2.26. The third-order valence-electron chi connectivity index (χ3n) is 4.85. The van der Waals surface area contributed by atoms with Crippen LogP contribution in [0.1, 0.15) is 28.9 Å². The highest BCUT2D eigenvalue weighted by Crippen LogP contribution is 2.32. The Morgan fingerprint density at radius 3 is 2.42 bits per heavy atom. The molecule has 1 aliphatic rings. The molecule has 0 spiro atoms. The van der Waals surface area contributed by atoms with Crippen molar-refractivity contribution in [3.63, 3.8) is 0 Å². The molecule has 0 fully saturated rings. The van der Waals surface area contributed by atoms with E-state index in [2.05, 4.69) is 10.0 Å². The fraction of sp³-hybridized carbons (Fsp3) is 0.174. The van der Waals surface area contributed by atoms with Gasteiger partial charge in [-0.3, -0.25) is 9.52 Å². The van der Waals surface area contributed by atoms with Crippen molar-refractivity contribution < 1.29 is 22.7 Å². The fourth-order valence-corrected chi connectivity index (χ4v) is 4.30. The molecule has 3 aromatic carbocycles. The zero-order chi connectivity index (χ0) is 21.8. The summed E-state index contributed by atoms with van der Waals surface area (Å²) in [5, 5.41) is 2.92. The van der Waals surface area contributed by atoms with Crippen LogP contribution in [0.15, 0.2) is 77.7 Å². The van der Waals surface area contributed by atoms with Gasteiger partial charge in [-0.1, -0.05) is 36.4 Å². The van der Waals surface area contributed by atoms with E-state index in [-0.39, 0.29) is 22.5 Å². The molecule has 0 bridgehead atoms. The van der Waals surface area contributed by atoms with E-state index in [0.717, 1.165) is 5.56 Å². The van der Waals surface area contributed by atoms with Crippen LogP contribution in [0.5, 0.6) is 11.5 Å². The van der Waals surface area contributed by atoms with Crippen molar-refractivity contribution in [3.8, 4) is 11.5 Å². The summed E-state index contributed by atoms with van der Waals surface area (Å²) < 4.78 is 39.1. The van der Waals surface area contributed by atoms with Gasteiger partial charge >= 0.3 is 0 Å². The first kappa shape index (κ1) is 20.7. The summed E-state index contributed by atoms with van der Waals surface area (Å²) in [6.07, 6.45) is 0. The lowest BCUT2D eigenvalue weighted by Gasteiger charge is -2.19. The fourth-order valence-electron chi connectivity index (χ4n) is 3.23. The van der Waals surface area contributed by atoms with Gasteiger partial charge in [0.05, 0.1) is 10.9 Å². The van der Waals surface area contributed by atoms with Crippen molar-refractivity contribution in [3.05, 3.63) is 83.9 Å². The van der Waals surface area contributed by atoms with E-state index in [1.807, 2.05) is 37.3 Å². The number of fused-ring (bicyclic) bond motifs is 1. The van der Waals surface area contributed by atoms with E-state index in [1.165, 1.54) is 18.2 Å². The van der Waals surface area contributed by atoms with Gasteiger partial charge in [0.2, 0.25) is 0 Å². The average Bonchev–Trinajstić information content (AvgIpc) is 2.79. The van der Waals surface area contributed by atoms with Crippen molar-refractivity contribution in [1.82, 2.24) is 5.32 Å². The van der Waals surface area contributed by atoms with Crippen LogP contribution in [0.4, 0.5) is 5.69 Å². The number of nitrogens with one attached hydrogen (secondary N) is 2. The third-order valence-corrected chi connectivity index (χ3v) is 6.23. The number of benzene rings is 3. The van der Waals surface area contributed by atoms with Gasteiger partial charge in [0.15, 0.2) is 11.5 Å². The van der Waals surface area contributed by atoms with Crippen molar-refractivity contribution in [2.75, 3.05) is 17.9 Å². The molecule has 3 aromatic rings. The number of carbonyl (C=O) groups excluding carboxylic acids is 1. The van der Waals surface area contributed by atoms with Gasteiger partial charge < -0.3 is 14.8 Å². The molecule has 1 atom stereocenters. The van der Waals surface area contributed by atoms with Gasteiger partial charge in [-0.25, -0.2) is 8.42 Å². The highest BCUT2D eigenvalue weighted by molar-refractivity contribution is 7.92. The number of amides is 1. The first-order valence-corrected chi connectivity index (χ1v) is 11.3. The Kier molecular flexibility index (Phi) is 5.81. The Bertz CT molecular complexity index is 1200. The third kappa shape index (κ3) is 4.80. The second kappa shape index (κ2) is 8.69. The predicted octanol–water partition coefficient (Wildman–Crippen LogP) is 3.75. The standard InChI is InChI=1S/C23H22N2O5S/c1-16(17-6-3-2-4-7-17)24-23(26)18-8-5-9-19(14-18)25-31(27,28)20-10-11-21-22(15-20)30-13-12-29-21/h2-11,14-16,25H,12-13H2,1H3,(H,24,26). The Labute approximate surface area is 181 Å². The summed E-state index contributed by atoms with van der Waals surface area (Å²) >= 11 is 0. The van der Waals surface area contributed by atoms with E-state index < -0.39 is 10.0 Å². The summed E-state index contributed by atoms with van der Waals surface area (Å²) in [6.45, 7) is 2.68. The summed E-state index contributed by atoms with van der Waals surface area (Å²) in [5.41, 5.74) is 1.62. The molecule has 1 aliphatic heterocycles. The molecule has 31 heavy (non-hydrogen) atoms. The Morgan fingerprint density at radius 2 is 1.65 bits per heavy atom. The molecule has 0 aliphatic carbocycles. The molecule has 0 saturated heterocycles. The second-order valence-electron chi connectivity index (χ2n) is 7.10. The van der Waals surface area contributed by atoms with Gasteiger partial charge in [-0.05, 0) is 42.8 Å². The summed E-state index contributed by atoms with van der Waals surface area (Å²) in [5.74, 6) is 0.602. The van der Waals surface area contributed by atoms with E-state index >= 15 is 0 Å². The first-order valence-electron chi connectivity index (χ1n) is 9.81. The minimum atomic E-state index is -3.87. The van der Waals surface area contributed by atoms with Crippen molar-refractivity contribution in [1.29, 1.82) is 0 Å². The maximum absolute atomic E-state index is 12.8. The van der Waals surface area contributed by atoms with E-state index in [9.17, 15) is 13.2 Å². The number of rotatable bonds is 6. The molecule has 1 heterocycles. The number of carbonyl (C=O) groups is 1. The van der Waals surface area contributed by atoms with Gasteiger partial charge in [-0.15, -0.1) is 0 Å². The normalized spacial score (nSPS) is 13.8. The highest BCUT2D eigenvalue weighted by atomic mass is 32.2. The largest absolute Gasteiger partial charge is 0.486 e. The maximum atomic E-state index is 12.8. The Balaban J connectivity index is 1.49. The van der Waals surface area contributed by atoms with Crippen LogP contribution in [-0.4, -0.2) is 27.5 Å². The number of sulfonamides is 1. The average molecular weight is 439 g/mol. The SMILES string of the molecule is CC(NC(=O)c1cccc(NS(=O)(=O)c2ccc3c(c2)OCCO3)c1)c1ccccc1. The minimum Gasteiger partial charge on any atom is -0.486 e. The van der Waals surface area contributed by atoms with Crippen LogP contribution >= 0.6 is 0 Å². The lowest BCUT2D eigenvalue weighted by atomic mass is 10.1. The molecule has 1 unspecified atom stereocenters. The molecule has 0 saturated carbocycles. The van der Waals surface area contributed by atoms with E-state index in [1.54, 1.807) is 24.3 Å². The zero-order valence-electron chi connectivity index (χ0n) is 16.9. The van der Waals surface area contributed by atoms with Crippen LogP contribution in [0.3, 0.4) is 0 Å². The maximum Gasteiger partial charge on any atom is 0.262 e. The first-order chi connectivity index (χ1) is 14.9. The lowest BCUT2D eigenvalue weighted by molar-refractivity contribution is 0.0940. The molecule has 0 aromatic heterocycles. The van der Waals surface area contributed by atoms with E-state index in [4.69, 9.17) is 9.47 Å². The second-order valence-corrected chi connectivity index (χ2v) is 8.78. The summed E-state index contributed by atoms with van der Waals surface area (Å²) in [4.78, 5) is 12.7. The minimum absolute atomic E-state index is 0.0457. The molecular formula is C23H22N2O5S. The number of ether oxygens (including phenoxy) is 2. The molecule has 160 valence electrons. The summed E-state index contributed by atoms with van der Waals surface area (Å²) in [7, 11) is -3.87. The number of anilines is 1. The Hall–Kier alpha value is -3.52. The van der Waals surface area contributed by atoms with Gasteiger partial charge in [0.25, 0.3) is 15.9 Å². The van der Waals surface area contributed by atoms with Gasteiger partial charge in [0, 0.05) is 17.3 Å². The van der Waals surface area contributed by atoms with Crippen LogP contribution < -0.4 is 19.5 Å². The quantitative estimate of drug-likeness (QED) is 0.611. The molecule has 8 heteroatoms. The highest BCUT2D eigenvalue weighted by Gasteiger charge is 2.20. The van der Waals surface area contributed by atoms with Gasteiger partial charge in [0.1, 0.15) is 13.2 Å². The van der Waals surface area contributed by atoms with Crippen LogP contribution in [0.25, 0.3) is 0 Å². The Morgan fingerprint density at radius 1 is 0.903 bits per heavy atom. The van der Waals surface area contributed by atoms with Crippen LogP contribution in [0.2, 0.25) is 0 Å². The van der Waals surface area contributed by atoms with Crippen LogP contribution in [0, 0.1) is 0 Å². The molecular weight excluding hydrogens is 416 g/mol. The predicted molar refractivity (Wildman–Crippen MR) is 117 cm³/mol. The smallest absolute Gasteiger partial charge is 0.262 e. The molecule has 1 amide bonds. The molecule has 7 nitrogen and oxygen atoms in total. The topological polar surface area (TPSA) is 93.7 Å². The van der Waals surface area contributed by atoms with Crippen molar-refractivity contribution >= 4 is 21.6 Å². The molecule has 2 N–H and O–H groups in total. The molecule has 0 radical (unpaired) electrons. The van der Waals surface area contributed by atoms with Crippen molar-refractivity contribution in [2.24, 2.45) is 0 Å². The summed E-state index contributed by atoms with van der Waals surface area (Å²) in [6, 6.07) is 20.2.